The molecule has 0 bridgehead atoms. The molecule has 0 fully saturated rings. The van der Waals surface area contributed by atoms with Crippen LogP contribution >= 0.6 is 11.3 Å². The Hall–Kier alpha value is -1.95. The molecule has 21 heavy (non-hydrogen) atoms. The van der Waals surface area contributed by atoms with Crippen molar-refractivity contribution in [3.05, 3.63) is 40.2 Å². The van der Waals surface area contributed by atoms with E-state index >= 15 is 0 Å². The number of aromatic nitrogens is 1. The first-order chi connectivity index (χ1) is 9.86. The monoisotopic (exact) mass is 307 g/mol. The number of benzene rings is 1. The van der Waals surface area contributed by atoms with Gasteiger partial charge in [-0.2, -0.15) is 0 Å². The third-order valence-corrected chi connectivity index (χ3v) is 4.14. The standard InChI is InChI=1S/C15H18FN3OS/c1-8-5-6-13(12(16)7-8)17-10(3)14(20)19-15-18-9(2)11(4)21-15/h5-7,10,17H,1-4H3,(H,18,19,20). The van der Waals surface area contributed by atoms with Crippen LogP contribution in [0.1, 0.15) is 23.1 Å². The summed E-state index contributed by atoms with van der Waals surface area (Å²) in [5.74, 6) is -0.612. The summed E-state index contributed by atoms with van der Waals surface area (Å²) in [5, 5.41) is 6.17. The van der Waals surface area contributed by atoms with Crippen LogP contribution in [0.4, 0.5) is 15.2 Å². The Bertz CT molecular complexity index is 649. The maximum Gasteiger partial charge on any atom is 0.248 e. The number of rotatable bonds is 4. The van der Waals surface area contributed by atoms with Gasteiger partial charge in [-0.05, 0) is 45.4 Å². The number of anilines is 2. The molecule has 0 aliphatic rings. The largest absolute Gasteiger partial charge is 0.372 e. The Morgan fingerprint density at radius 1 is 1.33 bits per heavy atom. The lowest BCUT2D eigenvalue weighted by Crippen LogP contribution is -2.32. The van der Waals surface area contributed by atoms with Crippen LogP contribution in [0.3, 0.4) is 0 Å². The quantitative estimate of drug-likeness (QED) is 0.906. The Kier molecular flexibility index (Phi) is 4.57. The molecule has 1 atom stereocenters. The zero-order valence-electron chi connectivity index (χ0n) is 12.5. The first-order valence-corrected chi connectivity index (χ1v) is 7.46. The average Bonchev–Trinajstić information content (AvgIpc) is 2.71. The van der Waals surface area contributed by atoms with Crippen LogP contribution in [0, 0.1) is 26.6 Å². The fourth-order valence-corrected chi connectivity index (χ4v) is 2.59. The molecule has 0 saturated heterocycles. The van der Waals surface area contributed by atoms with Crippen molar-refractivity contribution in [2.24, 2.45) is 0 Å². The number of hydrogen-bond donors (Lipinski definition) is 2. The minimum absolute atomic E-state index is 0.247. The number of carbonyl (C=O) groups excluding carboxylic acids is 1. The molecule has 0 saturated carbocycles. The lowest BCUT2D eigenvalue weighted by molar-refractivity contribution is -0.116. The second kappa shape index (κ2) is 6.22. The van der Waals surface area contributed by atoms with Gasteiger partial charge in [-0.25, -0.2) is 9.37 Å². The number of thiazole rings is 1. The molecule has 1 amide bonds. The summed E-state index contributed by atoms with van der Waals surface area (Å²) in [4.78, 5) is 17.4. The highest BCUT2D eigenvalue weighted by atomic mass is 32.1. The van der Waals surface area contributed by atoms with E-state index in [1.165, 1.54) is 17.4 Å². The van der Waals surface area contributed by atoms with E-state index in [2.05, 4.69) is 15.6 Å². The van der Waals surface area contributed by atoms with Crippen molar-refractivity contribution in [1.82, 2.24) is 4.98 Å². The highest BCUT2D eigenvalue weighted by Crippen LogP contribution is 2.22. The maximum absolute atomic E-state index is 13.8. The number of aryl methyl sites for hydroxylation is 3. The predicted molar refractivity (Wildman–Crippen MR) is 84.4 cm³/mol. The van der Waals surface area contributed by atoms with Gasteiger partial charge < -0.3 is 10.6 Å². The average molecular weight is 307 g/mol. The molecule has 2 aromatic rings. The normalized spacial score (nSPS) is 12.0. The Balaban J connectivity index is 2.02. The summed E-state index contributed by atoms with van der Waals surface area (Å²) >= 11 is 1.43. The van der Waals surface area contributed by atoms with Crippen molar-refractivity contribution in [1.29, 1.82) is 0 Å². The lowest BCUT2D eigenvalue weighted by Gasteiger charge is -2.15. The van der Waals surface area contributed by atoms with Crippen molar-refractivity contribution < 1.29 is 9.18 Å². The third kappa shape index (κ3) is 3.78. The van der Waals surface area contributed by atoms with Gasteiger partial charge in [0.15, 0.2) is 5.13 Å². The molecule has 112 valence electrons. The summed E-state index contributed by atoms with van der Waals surface area (Å²) in [6.45, 7) is 7.34. The van der Waals surface area contributed by atoms with E-state index in [4.69, 9.17) is 0 Å². The zero-order chi connectivity index (χ0) is 15.6. The second-order valence-corrected chi connectivity index (χ2v) is 6.20. The van der Waals surface area contributed by atoms with Crippen molar-refractivity contribution in [2.45, 2.75) is 33.7 Å². The van der Waals surface area contributed by atoms with Crippen molar-refractivity contribution in [3.8, 4) is 0 Å². The molecule has 0 aliphatic heterocycles. The Morgan fingerprint density at radius 2 is 2.05 bits per heavy atom. The first kappa shape index (κ1) is 15.4. The van der Waals surface area contributed by atoms with Gasteiger partial charge in [0.2, 0.25) is 5.91 Å². The number of carbonyl (C=O) groups is 1. The van der Waals surface area contributed by atoms with Gasteiger partial charge in [-0.3, -0.25) is 4.79 Å². The van der Waals surface area contributed by atoms with Crippen LogP contribution in [-0.4, -0.2) is 16.9 Å². The van der Waals surface area contributed by atoms with Gasteiger partial charge in [-0.15, -0.1) is 11.3 Å². The molecular formula is C15H18FN3OS. The maximum atomic E-state index is 13.8. The summed E-state index contributed by atoms with van der Waals surface area (Å²) in [6.07, 6.45) is 0. The summed E-state index contributed by atoms with van der Waals surface area (Å²) in [6, 6.07) is 4.29. The van der Waals surface area contributed by atoms with Crippen molar-refractivity contribution >= 4 is 28.1 Å². The van der Waals surface area contributed by atoms with E-state index in [0.29, 0.717) is 10.8 Å². The van der Waals surface area contributed by atoms with Gasteiger partial charge in [0.25, 0.3) is 0 Å². The topological polar surface area (TPSA) is 54.0 Å². The summed E-state index contributed by atoms with van der Waals surface area (Å²) in [7, 11) is 0. The first-order valence-electron chi connectivity index (χ1n) is 6.64. The number of nitrogens with one attached hydrogen (secondary N) is 2. The van der Waals surface area contributed by atoms with Gasteiger partial charge >= 0.3 is 0 Å². The molecule has 1 aromatic carbocycles. The lowest BCUT2D eigenvalue weighted by atomic mass is 10.2. The molecule has 6 heteroatoms. The van der Waals surface area contributed by atoms with E-state index in [9.17, 15) is 9.18 Å². The Labute approximate surface area is 127 Å². The SMILES string of the molecule is Cc1ccc(NC(C)C(=O)Nc2nc(C)c(C)s2)c(F)c1. The molecule has 0 spiro atoms. The van der Waals surface area contributed by atoms with Crippen LogP contribution in [0.15, 0.2) is 18.2 Å². The fourth-order valence-electron chi connectivity index (χ4n) is 1.78. The molecule has 0 radical (unpaired) electrons. The third-order valence-electron chi connectivity index (χ3n) is 3.15. The van der Waals surface area contributed by atoms with E-state index in [-0.39, 0.29) is 11.7 Å². The predicted octanol–water partition coefficient (Wildman–Crippen LogP) is 3.65. The van der Waals surface area contributed by atoms with Crippen LogP contribution in [0.5, 0.6) is 0 Å². The van der Waals surface area contributed by atoms with Crippen molar-refractivity contribution in [3.63, 3.8) is 0 Å². The van der Waals surface area contributed by atoms with Crippen LogP contribution in [0.2, 0.25) is 0 Å². The molecular weight excluding hydrogens is 289 g/mol. The van der Waals surface area contributed by atoms with Gasteiger partial charge in [0.05, 0.1) is 11.4 Å². The second-order valence-electron chi connectivity index (χ2n) is 5.00. The van der Waals surface area contributed by atoms with E-state index in [1.54, 1.807) is 19.1 Å². The molecule has 1 unspecified atom stereocenters. The Morgan fingerprint density at radius 3 is 2.62 bits per heavy atom. The molecule has 1 heterocycles. The number of hydrogen-bond acceptors (Lipinski definition) is 4. The van der Waals surface area contributed by atoms with Crippen LogP contribution < -0.4 is 10.6 Å². The molecule has 2 N–H and O–H groups in total. The van der Waals surface area contributed by atoms with Gasteiger partial charge in [0, 0.05) is 4.88 Å². The van der Waals surface area contributed by atoms with Gasteiger partial charge in [-0.1, -0.05) is 6.07 Å². The van der Waals surface area contributed by atoms with Gasteiger partial charge in [0.1, 0.15) is 11.9 Å². The zero-order valence-corrected chi connectivity index (χ0v) is 13.3. The van der Waals surface area contributed by atoms with Crippen molar-refractivity contribution in [2.75, 3.05) is 10.6 Å². The fraction of sp³-hybridized carbons (Fsp3) is 0.333. The highest BCUT2D eigenvalue weighted by molar-refractivity contribution is 7.15. The van der Waals surface area contributed by atoms with Crippen LogP contribution in [-0.2, 0) is 4.79 Å². The minimum atomic E-state index is -0.563. The molecule has 1 aromatic heterocycles. The van der Waals surface area contributed by atoms with E-state index in [0.717, 1.165) is 16.1 Å². The van der Waals surface area contributed by atoms with E-state index < -0.39 is 6.04 Å². The number of nitrogens with zero attached hydrogens (tertiary/aromatic N) is 1. The molecule has 2 rings (SSSR count). The number of amides is 1. The smallest absolute Gasteiger partial charge is 0.248 e. The number of halogens is 1. The van der Waals surface area contributed by atoms with E-state index in [1.807, 2.05) is 20.8 Å². The molecule has 0 aliphatic carbocycles. The molecule has 4 nitrogen and oxygen atoms in total. The summed E-state index contributed by atoms with van der Waals surface area (Å²) in [5.41, 5.74) is 2.05. The summed E-state index contributed by atoms with van der Waals surface area (Å²) < 4.78 is 13.8. The highest BCUT2D eigenvalue weighted by Gasteiger charge is 2.16. The minimum Gasteiger partial charge on any atom is -0.372 e. The van der Waals surface area contributed by atoms with Crippen LogP contribution in [0.25, 0.3) is 0 Å².